The van der Waals surface area contributed by atoms with Crippen molar-refractivity contribution in [2.75, 3.05) is 19.6 Å². The number of ether oxygens (including phenoxy) is 1. The molecule has 1 aromatic rings. The summed E-state index contributed by atoms with van der Waals surface area (Å²) in [6.07, 6.45) is 3.85. The highest BCUT2D eigenvalue weighted by molar-refractivity contribution is 5.66. The summed E-state index contributed by atoms with van der Waals surface area (Å²) in [5.74, 6) is 0. The average Bonchev–Trinajstić information content (AvgIpc) is 2.49. The molecule has 0 aromatic heterocycles. The van der Waals surface area contributed by atoms with Crippen LogP contribution in [0.15, 0.2) is 30.3 Å². The third-order valence-corrected chi connectivity index (χ3v) is 2.74. The Kier molecular flexibility index (Phi) is 8.47. The van der Waals surface area contributed by atoms with E-state index in [1.807, 2.05) is 37.3 Å². The van der Waals surface area contributed by atoms with Crippen molar-refractivity contribution < 1.29 is 9.53 Å². The highest BCUT2D eigenvalue weighted by Crippen LogP contribution is 2.00. The molecule has 0 spiro atoms. The van der Waals surface area contributed by atoms with Gasteiger partial charge in [0.15, 0.2) is 0 Å². The maximum atomic E-state index is 10.9. The van der Waals surface area contributed by atoms with E-state index in [2.05, 4.69) is 10.6 Å². The SMILES string of the molecule is C1CCNCC1.CCNC(=O)OCc1ccccc1. The number of amides is 1. The molecular weight excluding hydrogens is 240 g/mol. The van der Waals surface area contributed by atoms with E-state index in [0.717, 1.165) is 5.56 Å². The third-order valence-electron chi connectivity index (χ3n) is 2.74. The number of hydrogen-bond donors (Lipinski definition) is 2. The molecule has 4 heteroatoms. The van der Waals surface area contributed by atoms with Crippen LogP contribution in [0.2, 0.25) is 0 Å². The van der Waals surface area contributed by atoms with Crippen molar-refractivity contribution in [2.45, 2.75) is 32.8 Å². The van der Waals surface area contributed by atoms with Gasteiger partial charge >= 0.3 is 6.09 Å². The number of carbonyl (C=O) groups is 1. The summed E-state index contributed by atoms with van der Waals surface area (Å²) in [7, 11) is 0. The second kappa shape index (κ2) is 10.4. The van der Waals surface area contributed by atoms with Gasteiger partial charge in [0.2, 0.25) is 0 Å². The fraction of sp³-hybridized carbons (Fsp3) is 0.533. The monoisotopic (exact) mass is 264 g/mol. The second-order valence-electron chi connectivity index (χ2n) is 4.40. The van der Waals surface area contributed by atoms with E-state index in [1.54, 1.807) is 0 Å². The van der Waals surface area contributed by atoms with Crippen LogP contribution in [0.25, 0.3) is 0 Å². The van der Waals surface area contributed by atoms with E-state index in [4.69, 9.17) is 4.74 Å². The van der Waals surface area contributed by atoms with Gasteiger partial charge in [-0.15, -0.1) is 0 Å². The number of hydrogen-bond acceptors (Lipinski definition) is 3. The first kappa shape index (κ1) is 15.5. The Bertz CT molecular complexity index is 326. The Morgan fingerprint density at radius 2 is 1.89 bits per heavy atom. The lowest BCUT2D eigenvalue weighted by molar-refractivity contribution is 0.140. The zero-order valence-corrected chi connectivity index (χ0v) is 11.7. The number of rotatable bonds is 3. The highest BCUT2D eigenvalue weighted by atomic mass is 16.5. The van der Waals surface area contributed by atoms with Gasteiger partial charge in [0, 0.05) is 6.54 Å². The minimum atomic E-state index is -0.369. The van der Waals surface area contributed by atoms with E-state index in [0.29, 0.717) is 13.2 Å². The normalized spacial score (nSPS) is 13.9. The largest absolute Gasteiger partial charge is 0.445 e. The number of benzene rings is 1. The van der Waals surface area contributed by atoms with Crippen molar-refractivity contribution in [1.29, 1.82) is 0 Å². The number of nitrogens with one attached hydrogen (secondary N) is 2. The lowest BCUT2D eigenvalue weighted by Crippen LogP contribution is -2.23. The van der Waals surface area contributed by atoms with Crippen molar-refractivity contribution in [1.82, 2.24) is 10.6 Å². The van der Waals surface area contributed by atoms with Crippen LogP contribution in [0.1, 0.15) is 31.7 Å². The predicted octanol–water partition coefficient (Wildman–Crippen LogP) is 2.69. The van der Waals surface area contributed by atoms with Gasteiger partial charge < -0.3 is 15.4 Å². The Labute approximate surface area is 115 Å². The zero-order valence-electron chi connectivity index (χ0n) is 11.7. The van der Waals surface area contributed by atoms with Gasteiger partial charge in [0.1, 0.15) is 6.61 Å². The van der Waals surface area contributed by atoms with Crippen molar-refractivity contribution in [3.63, 3.8) is 0 Å². The molecule has 1 heterocycles. The van der Waals surface area contributed by atoms with Crippen molar-refractivity contribution in [2.24, 2.45) is 0 Å². The van der Waals surface area contributed by atoms with Gasteiger partial charge in [0.25, 0.3) is 0 Å². The molecule has 0 atom stereocenters. The van der Waals surface area contributed by atoms with E-state index < -0.39 is 0 Å². The Hall–Kier alpha value is -1.55. The molecular formula is C15H24N2O2. The summed E-state index contributed by atoms with van der Waals surface area (Å²) in [6.45, 7) is 5.27. The molecule has 0 aliphatic carbocycles. The summed E-state index contributed by atoms with van der Waals surface area (Å²) in [5, 5.41) is 5.84. The van der Waals surface area contributed by atoms with Gasteiger partial charge in [-0.05, 0) is 38.4 Å². The molecule has 4 nitrogen and oxygen atoms in total. The topological polar surface area (TPSA) is 50.4 Å². The molecule has 2 rings (SSSR count). The minimum absolute atomic E-state index is 0.326. The van der Waals surface area contributed by atoms with Crippen molar-refractivity contribution >= 4 is 6.09 Å². The van der Waals surface area contributed by atoms with Crippen LogP contribution >= 0.6 is 0 Å². The van der Waals surface area contributed by atoms with E-state index in [-0.39, 0.29) is 6.09 Å². The quantitative estimate of drug-likeness (QED) is 0.882. The second-order valence-corrected chi connectivity index (χ2v) is 4.40. The third kappa shape index (κ3) is 8.21. The van der Waals surface area contributed by atoms with Crippen LogP contribution < -0.4 is 10.6 Å². The molecule has 106 valence electrons. The average molecular weight is 264 g/mol. The summed E-state index contributed by atoms with van der Waals surface area (Å²) in [4.78, 5) is 10.9. The number of piperidine rings is 1. The molecule has 1 aromatic carbocycles. The summed E-state index contributed by atoms with van der Waals surface area (Å²) >= 11 is 0. The number of alkyl carbamates (subject to hydrolysis) is 1. The Balaban J connectivity index is 0.000000250. The van der Waals surface area contributed by atoms with Gasteiger partial charge in [-0.1, -0.05) is 36.8 Å². The standard InChI is InChI=1S/C10H13NO2.C5H11N/c1-2-11-10(12)13-8-9-6-4-3-5-7-9;1-2-4-6-5-3-1/h3-7H,2,8H2,1H3,(H,11,12);6H,1-5H2. The molecule has 1 amide bonds. The molecule has 1 fully saturated rings. The van der Waals surface area contributed by atoms with Crippen LogP contribution in [-0.4, -0.2) is 25.7 Å². The van der Waals surface area contributed by atoms with Crippen LogP contribution in [-0.2, 0) is 11.3 Å². The first-order valence-electron chi connectivity index (χ1n) is 6.98. The summed E-state index contributed by atoms with van der Waals surface area (Å²) < 4.78 is 4.92. The van der Waals surface area contributed by atoms with Crippen molar-refractivity contribution in [3.8, 4) is 0 Å². The van der Waals surface area contributed by atoms with Crippen LogP contribution in [0.5, 0.6) is 0 Å². The van der Waals surface area contributed by atoms with Gasteiger partial charge in [-0.25, -0.2) is 4.79 Å². The molecule has 0 radical (unpaired) electrons. The maximum absolute atomic E-state index is 10.9. The van der Waals surface area contributed by atoms with Crippen LogP contribution in [0, 0.1) is 0 Å². The minimum Gasteiger partial charge on any atom is -0.445 e. The maximum Gasteiger partial charge on any atom is 0.407 e. The van der Waals surface area contributed by atoms with E-state index in [1.165, 1.54) is 32.4 Å². The van der Waals surface area contributed by atoms with Gasteiger partial charge in [-0.3, -0.25) is 0 Å². The van der Waals surface area contributed by atoms with Gasteiger partial charge in [-0.2, -0.15) is 0 Å². The molecule has 1 saturated heterocycles. The van der Waals surface area contributed by atoms with Crippen molar-refractivity contribution in [3.05, 3.63) is 35.9 Å². The lowest BCUT2D eigenvalue weighted by atomic mass is 10.2. The molecule has 0 bridgehead atoms. The molecule has 0 saturated carbocycles. The molecule has 1 aliphatic rings. The Morgan fingerprint density at radius 1 is 1.21 bits per heavy atom. The molecule has 19 heavy (non-hydrogen) atoms. The van der Waals surface area contributed by atoms with E-state index >= 15 is 0 Å². The van der Waals surface area contributed by atoms with Crippen LogP contribution in [0.3, 0.4) is 0 Å². The summed E-state index contributed by atoms with van der Waals surface area (Å²) in [6, 6.07) is 9.58. The predicted molar refractivity (Wildman–Crippen MR) is 77.0 cm³/mol. The lowest BCUT2D eigenvalue weighted by Gasteiger charge is -2.08. The van der Waals surface area contributed by atoms with Gasteiger partial charge in [0.05, 0.1) is 0 Å². The van der Waals surface area contributed by atoms with Crippen LogP contribution in [0.4, 0.5) is 4.79 Å². The fourth-order valence-electron chi connectivity index (χ4n) is 1.72. The first-order valence-corrected chi connectivity index (χ1v) is 6.98. The summed E-state index contributed by atoms with van der Waals surface area (Å²) in [5.41, 5.74) is 0.994. The van der Waals surface area contributed by atoms with E-state index in [9.17, 15) is 4.79 Å². The molecule has 1 aliphatic heterocycles. The molecule has 0 unspecified atom stereocenters. The smallest absolute Gasteiger partial charge is 0.407 e. The molecule has 2 N–H and O–H groups in total. The fourth-order valence-corrected chi connectivity index (χ4v) is 1.72. The highest BCUT2D eigenvalue weighted by Gasteiger charge is 1.98. The first-order chi connectivity index (χ1) is 9.33. The number of carbonyl (C=O) groups excluding carboxylic acids is 1. The Morgan fingerprint density at radius 3 is 2.37 bits per heavy atom. The zero-order chi connectivity index (χ0) is 13.8.